The molecule has 0 radical (unpaired) electrons. The molecule has 1 N–H and O–H groups in total. The topological polar surface area (TPSA) is 38.0 Å². The van der Waals surface area contributed by atoms with E-state index in [1.807, 2.05) is 4.57 Å². The Morgan fingerprint density at radius 3 is 3.08 bits per heavy atom. The highest BCUT2D eigenvalue weighted by molar-refractivity contribution is 5.06. The Labute approximate surface area is 72.0 Å². The Hall–Kier alpha value is -0.830. The number of imidazole rings is 1. The van der Waals surface area contributed by atoms with E-state index in [1.54, 1.807) is 12.5 Å². The summed E-state index contributed by atoms with van der Waals surface area (Å²) in [6.45, 7) is 2.95. The maximum absolute atomic E-state index is 9.80. The van der Waals surface area contributed by atoms with Gasteiger partial charge in [-0.15, -0.1) is 0 Å². The van der Waals surface area contributed by atoms with Crippen LogP contribution in [0.2, 0.25) is 0 Å². The lowest BCUT2D eigenvalue weighted by molar-refractivity contribution is 0.145. The van der Waals surface area contributed by atoms with Crippen LogP contribution in [0, 0.1) is 5.92 Å². The molecule has 3 nitrogen and oxygen atoms in total. The Balaban J connectivity index is 2.19. The van der Waals surface area contributed by atoms with Gasteiger partial charge in [0, 0.05) is 6.54 Å². The van der Waals surface area contributed by atoms with Gasteiger partial charge in [0.2, 0.25) is 0 Å². The summed E-state index contributed by atoms with van der Waals surface area (Å²) in [7, 11) is 0. The zero-order chi connectivity index (χ0) is 8.55. The van der Waals surface area contributed by atoms with Crippen LogP contribution in [0.25, 0.3) is 0 Å². The lowest BCUT2D eigenvalue weighted by atomic mass is 10.2. The Morgan fingerprint density at radius 2 is 2.50 bits per heavy atom. The molecule has 1 fully saturated rings. The molecule has 2 rings (SSSR count). The number of nitrogens with zero attached hydrogens (tertiary/aromatic N) is 2. The molecular weight excluding hydrogens is 152 g/mol. The van der Waals surface area contributed by atoms with Crippen LogP contribution in [-0.2, 0) is 6.54 Å². The van der Waals surface area contributed by atoms with Gasteiger partial charge >= 0.3 is 0 Å². The maximum atomic E-state index is 9.80. The summed E-state index contributed by atoms with van der Waals surface area (Å²) in [4.78, 5) is 4.03. The largest absolute Gasteiger partial charge is 0.387 e. The second-order valence-electron chi connectivity index (χ2n) is 3.39. The van der Waals surface area contributed by atoms with E-state index in [4.69, 9.17) is 0 Å². The van der Waals surface area contributed by atoms with E-state index in [-0.39, 0.29) is 6.10 Å². The molecule has 1 aromatic rings. The molecule has 1 atom stereocenters. The molecule has 0 amide bonds. The molecule has 0 spiro atoms. The second kappa shape index (κ2) is 2.90. The van der Waals surface area contributed by atoms with E-state index in [0.717, 1.165) is 25.1 Å². The van der Waals surface area contributed by atoms with Gasteiger partial charge in [-0.2, -0.15) is 0 Å². The van der Waals surface area contributed by atoms with Crippen LogP contribution in [0.4, 0.5) is 0 Å². The number of aliphatic hydroxyl groups excluding tert-OH is 1. The summed E-state index contributed by atoms with van der Waals surface area (Å²) in [5.74, 6) is 0.493. The molecule has 1 saturated carbocycles. The number of hydrogen-bond donors (Lipinski definition) is 1. The van der Waals surface area contributed by atoms with Crippen LogP contribution in [0.1, 0.15) is 31.6 Å². The molecular formula is C9H14N2O. The number of aryl methyl sites for hydroxylation is 1. The maximum Gasteiger partial charge on any atom is 0.0983 e. The van der Waals surface area contributed by atoms with Crippen LogP contribution in [0.15, 0.2) is 12.5 Å². The van der Waals surface area contributed by atoms with Crippen molar-refractivity contribution >= 4 is 0 Å². The predicted molar refractivity (Wildman–Crippen MR) is 45.6 cm³/mol. The lowest BCUT2D eigenvalue weighted by Crippen LogP contribution is -2.07. The van der Waals surface area contributed by atoms with E-state index >= 15 is 0 Å². The molecule has 1 aliphatic rings. The van der Waals surface area contributed by atoms with Crippen LogP contribution in [-0.4, -0.2) is 14.7 Å². The first-order valence-corrected chi connectivity index (χ1v) is 4.51. The quantitative estimate of drug-likeness (QED) is 0.736. The molecule has 66 valence electrons. The molecule has 12 heavy (non-hydrogen) atoms. The van der Waals surface area contributed by atoms with Gasteiger partial charge in [-0.3, -0.25) is 0 Å². The molecule has 1 aliphatic carbocycles. The number of hydrogen-bond acceptors (Lipinski definition) is 2. The van der Waals surface area contributed by atoms with Gasteiger partial charge in [0.15, 0.2) is 0 Å². The summed E-state index contributed by atoms with van der Waals surface area (Å²) in [6.07, 6.45) is 5.59. The zero-order valence-corrected chi connectivity index (χ0v) is 7.27. The average Bonchev–Trinajstić information content (AvgIpc) is 2.82. The average molecular weight is 166 g/mol. The monoisotopic (exact) mass is 166 g/mol. The summed E-state index contributed by atoms with van der Waals surface area (Å²) < 4.78 is 2.00. The van der Waals surface area contributed by atoms with Crippen molar-refractivity contribution < 1.29 is 5.11 Å². The standard InChI is InChI=1S/C9H14N2O/c1-2-11-6-10-5-8(11)9(12)7-3-4-7/h5-7,9,12H,2-4H2,1H3. The van der Waals surface area contributed by atoms with Crippen LogP contribution < -0.4 is 0 Å². The molecule has 0 saturated heterocycles. The highest BCUT2D eigenvalue weighted by Gasteiger charge is 2.32. The van der Waals surface area contributed by atoms with Gasteiger partial charge in [-0.1, -0.05) is 0 Å². The first-order chi connectivity index (χ1) is 5.83. The van der Waals surface area contributed by atoms with Crippen molar-refractivity contribution in [3.05, 3.63) is 18.2 Å². The minimum atomic E-state index is -0.285. The third kappa shape index (κ3) is 1.25. The Kier molecular flexibility index (Phi) is 1.89. The lowest BCUT2D eigenvalue weighted by Gasteiger charge is -2.10. The summed E-state index contributed by atoms with van der Waals surface area (Å²) >= 11 is 0. The fourth-order valence-corrected chi connectivity index (χ4v) is 1.49. The first-order valence-electron chi connectivity index (χ1n) is 4.51. The summed E-state index contributed by atoms with van der Waals surface area (Å²) in [6, 6.07) is 0. The third-order valence-corrected chi connectivity index (χ3v) is 2.46. The fourth-order valence-electron chi connectivity index (χ4n) is 1.49. The zero-order valence-electron chi connectivity index (χ0n) is 7.27. The molecule has 1 aromatic heterocycles. The number of aliphatic hydroxyl groups is 1. The minimum Gasteiger partial charge on any atom is -0.387 e. The van der Waals surface area contributed by atoms with Gasteiger partial charge in [0.25, 0.3) is 0 Å². The highest BCUT2D eigenvalue weighted by Crippen LogP contribution is 2.40. The van der Waals surface area contributed by atoms with Crippen molar-refractivity contribution in [2.24, 2.45) is 5.92 Å². The Morgan fingerprint density at radius 1 is 1.75 bits per heavy atom. The van der Waals surface area contributed by atoms with Crippen LogP contribution in [0.5, 0.6) is 0 Å². The van der Waals surface area contributed by atoms with Crippen molar-refractivity contribution in [1.82, 2.24) is 9.55 Å². The molecule has 0 aromatic carbocycles. The van der Waals surface area contributed by atoms with E-state index < -0.39 is 0 Å². The van der Waals surface area contributed by atoms with Crippen molar-refractivity contribution in [2.75, 3.05) is 0 Å². The van der Waals surface area contributed by atoms with Crippen molar-refractivity contribution in [3.8, 4) is 0 Å². The van der Waals surface area contributed by atoms with Crippen molar-refractivity contribution in [1.29, 1.82) is 0 Å². The van der Waals surface area contributed by atoms with Crippen LogP contribution in [0.3, 0.4) is 0 Å². The van der Waals surface area contributed by atoms with Gasteiger partial charge in [0.1, 0.15) is 0 Å². The first kappa shape index (κ1) is 7.80. The predicted octanol–water partition coefficient (Wildman–Crippen LogP) is 1.35. The van der Waals surface area contributed by atoms with Gasteiger partial charge in [-0.05, 0) is 25.7 Å². The fraction of sp³-hybridized carbons (Fsp3) is 0.667. The normalized spacial score (nSPS) is 19.5. The molecule has 1 heterocycles. The molecule has 1 unspecified atom stereocenters. The van der Waals surface area contributed by atoms with Gasteiger partial charge < -0.3 is 9.67 Å². The minimum absolute atomic E-state index is 0.285. The van der Waals surface area contributed by atoms with Crippen LogP contribution >= 0.6 is 0 Å². The number of aromatic nitrogens is 2. The molecule has 0 aliphatic heterocycles. The van der Waals surface area contributed by atoms with Crippen molar-refractivity contribution in [2.45, 2.75) is 32.4 Å². The summed E-state index contributed by atoms with van der Waals surface area (Å²) in [5, 5.41) is 9.80. The Bertz CT molecular complexity index is 265. The molecule has 0 bridgehead atoms. The smallest absolute Gasteiger partial charge is 0.0983 e. The summed E-state index contributed by atoms with van der Waals surface area (Å²) in [5.41, 5.74) is 0.972. The van der Waals surface area contributed by atoms with Gasteiger partial charge in [0.05, 0.1) is 24.3 Å². The number of rotatable bonds is 3. The van der Waals surface area contributed by atoms with E-state index in [2.05, 4.69) is 11.9 Å². The van der Waals surface area contributed by atoms with E-state index in [1.165, 1.54) is 0 Å². The highest BCUT2D eigenvalue weighted by atomic mass is 16.3. The van der Waals surface area contributed by atoms with E-state index in [0.29, 0.717) is 5.92 Å². The van der Waals surface area contributed by atoms with E-state index in [9.17, 15) is 5.11 Å². The molecule has 3 heteroatoms. The SMILES string of the molecule is CCn1cncc1C(O)C1CC1. The van der Waals surface area contributed by atoms with Crippen molar-refractivity contribution in [3.63, 3.8) is 0 Å². The van der Waals surface area contributed by atoms with Gasteiger partial charge in [-0.25, -0.2) is 4.98 Å². The second-order valence-corrected chi connectivity index (χ2v) is 3.39. The third-order valence-electron chi connectivity index (χ3n) is 2.46.